The van der Waals surface area contributed by atoms with E-state index in [1.54, 1.807) is 38.4 Å². The zero-order chi connectivity index (χ0) is 21.4. The fraction of sp³-hybridized carbons (Fsp3) is 0.286. The van der Waals surface area contributed by atoms with Crippen LogP contribution in [0.3, 0.4) is 0 Å². The summed E-state index contributed by atoms with van der Waals surface area (Å²) in [6.45, 7) is 3.75. The number of carbonyl (C=O) groups excluding carboxylic acids is 3. The van der Waals surface area contributed by atoms with E-state index in [9.17, 15) is 14.4 Å². The predicted octanol–water partition coefficient (Wildman–Crippen LogP) is 2.53. The van der Waals surface area contributed by atoms with Gasteiger partial charge in [-0.3, -0.25) is 19.8 Å². The van der Waals surface area contributed by atoms with E-state index in [0.29, 0.717) is 11.4 Å². The van der Waals surface area contributed by atoms with Crippen LogP contribution >= 0.6 is 0 Å². The maximum Gasteiger partial charge on any atom is 0.325 e. The minimum absolute atomic E-state index is 0.0152. The summed E-state index contributed by atoms with van der Waals surface area (Å²) < 4.78 is 5.04. The molecule has 2 rings (SSSR count). The van der Waals surface area contributed by atoms with Crippen LogP contribution in [0.15, 0.2) is 42.5 Å². The van der Waals surface area contributed by atoms with Crippen LogP contribution in [0, 0.1) is 13.8 Å². The van der Waals surface area contributed by atoms with Gasteiger partial charge in [0, 0.05) is 11.4 Å². The van der Waals surface area contributed by atoms with Crippen LogP contribution in [0.4, 0.5) is 16.2 Å². The van der Waals surface area contributed by atoms with E-state index >= 15 is 0 Å². The molecule has 154 valence electrons. The molecule has 0 fully saturated rings. The average molecular weight is 398 g/mol. The molecule has 0 aliphatic rings. The number of imide groups is 1. The molecule has 0 unspecified atom stereocenters. The number of nitrogens with one attached hydrogen (secondary N) is 3. The van der Waals surface area contributed by atoms with Crippen molar-refractivity contribution in [2.75, 3.05) is 37.9 Å². The van der Waals surface area contributed by atoms with Crippen molar-refractivity contribution in [2.24, 2.45) is 0 Å². The average Bonchev–Trinajstić information content (AvgIpc) is 2.65. The molecule has 8 nitrogen and oxygen atoms in total. The maximum absolute atomic E-state index is 12.3. The number of ether oxygens (including phenoxy) is 1. The second-order valence-electron chi connectivity index (χ2n) is 6.72. The second kappa shape index (κ2) is 10.2. The lowest BCUT2D eigenvalue weighted by Gasteiger charge is -2.17. The van der Waals surface area contributed by atoms with E-state index in [2.05, 4.69) is 16.0 Å². The Morgan fingerprint density at radius 3 is 2.07 bits per heavy atom. The standard InChI is InChI=1S/C21H26N4O4/c1-14-6-5-7-15(2)20(14)23-18(26)12-25(3)13-19(27)24-21(28)22-16-8-10-17(29-4)11-9-16/h5-11H,12-13H2,1-4H3,(H,23,26)(H2,22,24,27,28). The summed E-state index contributed by atoms with van der Waals surface area (Å²) in [5, 5.41) is 7.66. The zero-order valence-electron chi connectivity index (χ0n) is 17.0. The summed E-state index contributed by atoms with van der Waals surface area (Å²) in [5.74, 6) is -0.0911. The van der Waals surface area contributed by atoms with Crippen LogP contribution in [-0.2, 0) is 9.59 Å². The number of likely N-dealkylation sites (N-methyl/N-ethyl adjacent to an activating group) is 1. The van der Waals surface area contributed by atoms with Crippen LogP contribution in [0.25, 0.3) is 0 Å². The van der Waals surface area contributed by atoms with E-state index < -0.39 is 11.9 Å². The number of methoxy groups -OCH3 is 1. The van der Waals surface area contributed by atoms with Gasteiger partial charge in [0.15, 0.2) is 0 Å². The Balaban J connectivity index is 1.78. The number of urea groups is 1. The van der Waals surface area contributed by atoms with Gasteiger partial charge in [-0.15, -0.1) is 0 Å². The number of anilines is 2. The van der Waals surface area contributed by atoms with Crippen molar-refractivity contribution in [1.82, 2.24) is 10.2 Å². The van der Waals surface area contributed by atoms with E-state index in [-0.39, 0.29) is 19.0 Å². The largest absolute Gasteiger partial charge is 0.497 e. The van der Waals surface area contributed by atoms with Crippen molar-refractivity contribution >= 4 is 29.2 Å². The highest BCUT2D eigenvalue weighted by Gasteiger charge is 2.14. The Labute approximate surface area is 170 Å². The number of nitrogens with zero attached hydrogens (tertiary/aromatic N) is 1. The summed E-state index contributed by atoms with van der Waals surface area (Å²) in [6, 6.07) is 11.8. The Bertz CT molecular complexity index is 860. The third-order valence-electron chi connectivity index (χ3n) is 4.17. The zero-order valence-corrected chi connectivity index (χ0v) is 17.0. The number of hydrogen-bond donors (Lipinski definition) is 3. The molecular formula is C21H26N4O4. The first-order chi connectivity index (χ1) is 13.8. The minimum Gasteiger partial charge on any atom is -0.497 e. The Hall–Kier alpha value is -3.39. The number of benzene rings is 2. The van der Waals surface area contributed by atoms with E-state index in [4.69, 9.17) is 4.74 Å². The van der Waals surface area contributed by atoms with Gasteiger partial charge in [-0.2, -0.15) is 0 Å². The lowest BCUT2D eigenvalue weighted by Crippen LogP contribution is -2.42. The Morgan fingerprint density at radius 1 is 0.897 bits per heavy atom. The minimum atomic E-state index is -0.645. The van der Waals surface area contributed by atoms with Crippen molar-refractivity contribution in [3.63, 3.8) is 0 Å². The molecule has 8 heteroatoms. The molecule has 0 saturated heterocycles. The third-order valence-corrected chi connectivity index (χ3v) is 4.17. The number of aryl methyl sites for hydroxylation is 2. The van der Waals surface area contributed by atoms with E-state index in [1.165, 1.54) is 4.90 Å². The van der Waals surface area contributed by atoms with Gasteiger partial charge in [-0.1, -0.05) is 18.2 Å². The van der Waals surface area contributed by atoms with Crippen molar-refractivity contribution in [1.29, 1.82) is 0 Å². The van der Waals surface area contributed by atoms with Gasteiger partial charge in [-0.25, -0.2) is 4.79 Å². The topological polar surface area (TPSA) is 99.8 Å². The summed E-state index contributed by atoms with van der Waals surface area (Å²) in [7, 11) is 3.18. The molecule has 0 bridgehead atoms. The smallest absolute Gasteiger partial charge is 0.325 e. The number of para-hydroxylation sites is 1. The Kier molecular flexibility index (Phi) is 7.73. The van der Waals surface area contributed by atoms with Crippen molar-refractivity contribution in [3.05, 3.63) is 53.6 Å². The van der Waals surface area contributed by atoms with Gasteiger partial charge in [0.25, 0.3) is 0 Å². The second-order valence-corrected chi connectivity index (χ2v) is 6.72. The molecule has 4 amide bonds. The third kappa shape index (κ3) is 6.93. The number of rotatable bonds is 7. The van der Waals surface area contributed by atoms with E-state index in [1.807, 2.05) is 32.0 Å². The predicted molar refractivity (Wildman–Crippen MR) is 112 cm³/mol. The lowest BCUT2D eigenvalue weighted by atomic mass is 10.1. The molecule has 0 aliphatic heterocycles. The molecule has 0 aliphatic carbocycles. The fourth-order valence-corrected chi connectivity index (χ4v) is 2.74. The van der Waals surface area contributed by atoms with Gasteiger partial charge >= 0.3 is 6.03 Å². The van der Waals surface area contributed by atoms with Crippen molar-refractivity contribution < 1.29 is 19.1 Å². The van der Waals surface area contributed by atoms with Crippen LogP contribution in [0.5, 0.6) is 5.75 Å². The molecule has 0 heterocycles. The van der Waals surface area contributed by atoms with Gasteiger partial charge in [-0.05, 0) is 56.3 Å². The quantitative estimate of drug-likeness (QED) is 0.666. The summed E-state index contributed by atoms with van der Waals surface area (Å²) >= 11 is 0. The van der Waals surface area contributed by atoms with Crippen LogP contribution in [-0.4, -0.2) is 50.0 Å². The normalized spacial score (nSPS) is 10.4. The van der Waals surface area contributed by atoms with Gasteiger partial charge in [0.2, 0.25) is 11.8 Å². The molecular weight excluding hydrogens is 372 g/mol. The van der Waals surface area contributed by atoms with Gasteiger partial charge in [0.05, 0.1) is 20.2 Å². The summed E-state index contributed by atoms with van der Waals surface area (Å²) in [6.07, 6.45) is 0. The first-order valence-corrected chi connectivity index (χ1v) is 9.08. The highest BCUT2D eigenvalue weighted by atomic mass is 16.5. The van der Waals surface area contributed by atoms with Gasteiger partial charge in [0.1, 0.15) is 5.75 Å². The number of carbonyl (C=O) groups is 3. The molecule has 0 atom stereocenters. The van der Waals surface area contributed by atoms with Crippen LogP contribution in [0.1, 0.15) is 11.1 Å². The van der Waals surface area contributed by atoms with Gasteiger partial charge < -0.3 is 15.4 Å². The molecule has 0 radical (unpaired) electrons. The summed E-state index contributed by atoms with van der Waals surface area (Å²) in [5.41, 5.74) is 3.23. The van der Waals surface area contributed by atoms with Crippen molar-refractivity contribution in [3.8, 4) is 5.75 Å². The monoisotopic (exact) mass is 398 g/mol. The SMILES string of the molecule is COc1ccc(NC(=O)NC(=O)CN(C)CC(=O)Nc2c(C)cccc2C)cc1. The molecule has 29 heavy (non-hydrogen) atoms. The highest BCUT2D eigenvalue weighted by Crippen LogP contribution is 2.19. The van der Waals surface area contributed by atoms with Crippen LogP contribution in [0.2, 0.25) is 0 Å². The molecule has 0 spiro atoms. The maximum atomic E-state index is 12.3. The molecule has 3 N–H and O–H groups in total. The highest BCUT2D eigenvalue weighted by molar-refractivity contribution is 6.02. The molecule has 2 aromatic carbocycles. The Morgan fingerprint density at radius 2 is 1.48 bits per heavy atom. The van der Waals surface area contributed by atoms with Crippen LogP contribution < -0.4 is 20.7 Å². The number of amides is 4. The first kappa shape index (κ1) is 21.9. The van der Waals surface area contributed by atoms with E-state index in [0.717, 1.165) is 16.8 Å². The van der Waals surface area contributed by atoms with Crippen molar-refractivity contribution in [2.45, 2.75) is 13.8 Å². The first-order valence-electron chi connectivity index (χ1n) is 9.08. The lowest BCUT2D eigenvalue weighted by molar-refractivity contribution is -0.122. The molecule has 0 aromatic heterocycles. The fourth-order valence-electron chi connectivity index (χ4n) is 2.74. The summed E-state index contributed by atoms with van der Waals surface area (Å²) in [4.78, 5) is 37.7. The molecule has 0 saturated carbocycles. The number of hydrogen-bond acceptors (Lipinski definition) is 5. The molecule has 2 aromatic rings.